The van der Waals surface area contributed by atoms with Gasteiger partial charge in [0.2, 0.25) is 0 Å². The van der Waals surface area contributed by atoms with Crippen molar-refractivity contribution in [2.24, 2.45) is 56.2 Å². The Hall–Kier alpha value is -2.29. The van der Waals surface area contributed by atoms with Gasteiger partial charge in [0, 0.05) is 36.0 Å². The standard InChI is InChI=1S/C44H65ClN2O6/c1-25(2)36-30(48)21-44(33(49)24-46-26(3)29-13-11-27(45)23-47-29)20-19-42(9)28(37(36)44)12-14-32-41(8)17-16-34(53-35(50)22-39(4,5)38(51)52)40(6,7)31(41)15-18-43(32,42)10/h11,13,23,25-26,28,31-34,46,49H,12,14-22,24H2,1-10H3,(H,51,52)/t26-,28-,31+,32-,33-,34+,41+,42-,43-,44?/m1/s1. The van der Waals surface area contributed by atoms with Crippen molar-refractivity contribution in [2.75, 3.05) is 6.54 Å². The Morgan fingerprint density at radius 1 is 0.981 bits per heavy atom. The SMILES string of the molecule is CC(C)C1=C2[C@H]3CC[C@@H]4[C@@]5(C)CC[C@H](OC(=O)CC(C)(C)C(=O)O)C(C)(C)[C@@H]5CC[C@@]4(C)[C@]3(C)CCC2([C@H](O)CN[C@H](C)c2ccc(Cl)cn2)CC1=O. The number of Topliss-reactive ketones (excluding diaryl/α,β-unsaturated/α-hetero) is 1. The zero-order chi connectivity index (χ0) is 39.1. The largest absolute Gasteiger partial charge is 0.481 e. The molecule has 4 saturated carbocycles. The third kappa shape index (κ3) is 6.33. The Morgan fingerprint density at radius 2 is 1.68 bits per heavy atom. The van der Waals surface area contributed by atoms with Crippen LogP contribution in [0.3, 0.4) is 0 Å². The highest BCUT2D eigenvalue weighted by Gasteiger charge is 2.70. The van der Waals surface area contributed by atoms with Crippen LogP contribution in [0.1, 0.15) is 145 Å². The number of nitrogens with zero attached hydrogens (tertiary/aromatic N) is 1. The van der Waals surface area contributed by atoms with E-state index >= 15 is 0 Å². The van der Waals surface area contributed by atoms with E-state index in [4.69, 9.17) is 16.3 Å². The maximum absolute atomic E-state index is 14.1. The molecular formula is C44H65ClN2O6. The summed E-state index contributed by atoms with van der Waals surface area (Å²) in [5, 5.41) is 26.0. The van der Waals surface area contributed by atoms with Crippen LogP contribution in [0, 0.1) is 56.2 Å². The lowest BCUT2D eigenvalue weighted by molar-refractivity contribution is -0.235. The van der Waals surface area contributed by atoms with E-state index in [1.54, 1.807) is 20.0 Å². The Balaban J connectivity index is 1.26. The van der Waals surface area contributed by atoms with Crippen LogP contribution in [0.25, 0.3) is 0 Å². The van der Waals surface area contributed by atoms with Crippen molar-refractivity contribution in [1.29, 1.82) is 0 Å². The first-order valence-electron chi connectivity index (χ1n) is 20.3. The summed E-state index contributed by atoms with van der Waals surface area (Å²) < 4.78 is 6.17. The minimum absolute atomic E-state index is 0.0307. The Kier molecular flexibility index (Phi) is 10.5. The second-order valence-electron chi connectivity index (χ2n) is 20.1. The van der Waals surface area contributed by atoms with Crippen LogP contribution in [-0.2, 0) is 19.1 Å². The van der Waals surface area contributed by atoms with Crippen LogP contribution in [0.15, 0.2) is 29.5 Å². The van der Waals surface area contributed by atoms with Crippen LogP contribution in [-0.4, -0.2) is 51.7 Å². The van der Waals surface area contributed by atoms with Crippen molar-refractivity contribution in [2.45, 2.75) is 152 Å². The Morgan fingerprint density at radius 3 is 2.30 bits per heavy atom. The lowest BCUT2D eigenvalue weighted by Gasteiger charge is -2.72. The van der Waals surface area contributed by atoms with Gasteiger partial charge in [-0.1, -0.05) is 65.6 Å². The number of fused-ring (bicyclic) bond motifs is 7. The molecule has 8 nitrogen and oxygen atoms in total. The predicted molar refractivity (Wildman–Crippen MR) is 207 cm³/mol. The van der Waals surface area contributed by atoms with E-state index in [0.717, 1.165) is 62.6 Å². The van der Waals surface area contributed by atoms with Crippen molar-refractivity contribution in [1.82, 2.24) is 10.3 Å². The summed E-state index contributed by atoms with van der Waals surface area (Å²) in [4.78, 5) is 43.4. The molecule has 1 aromatic heterocycles. The van der Waals surface area contributed by atoms with Gasteiger partial charge < -0.3 is 20.3 Å². The van der Waals surface area contributed by atoms with Crippen molar-refractivity contribution in [3.05, 3.63) is 40.2 Å². The number of carbonyl (C=O) groups excluding carboxylic acids is 2. The van der Waals surface area contributed by atoms with Crippen LogP contribution in [0.4, 0.5) is 0 Å². The van der Waals surface area contributed by atoms with E-state index < -0.39 is 28.9 Å². The lowest BCUT2D eigenvalue weighted by Crippen LogP contribution is -2.66. The zero-order valence-electron chi connectivity index (χ0n) is 33.9. The zero-order valence-corrected chi connectivity index (χ0v) is 34.7. The minimum Gasteiger partial charge on any atom is -0.481 e. The van der Waals surface area contributed by atoms with Gasteiger partial charge in [-0.25, -0.2) is 0 Å². The summed E-state index contributed by atoms with van der Waals surface area (Å²) in [6.45, 7) is 22.0. The van der Waals surface area contributed by atoms with Gasteiger partial charge in [-0.05, 0) is 130 Å². The predicted octanol–water partition coefficient (Wildman–Crippen LogP) is 9.14. The number of carboxylic acids is 1. The first kappa shape index (κ1) is 40.4. The summed E-state index contributed by atoms with van der Waals surface area (Å²) in [6.07, 6.45) is 8.65. The third-order valence-corrected chi connectivity index (χ3v) is 16.5. The molecule has 0 spiro atoms. The number of allylic oxidation sites excluding steroid dienone is 1. The Labute approximate surface area is 322 Å². The van der Waals surface area contributed by atoms with Crippen molar-refractivity contribution in [3.63, 3.8) is 0 Å². The van der Waals surface area contributed by atoms with Crippen LogP contribution in [0.5, 0.6) is 0 Å². The van der Waals surface area contributed by atoms with Gasteiger partial charge in [-0.15, -0.1) is 0 Å². The molecule has 1 aromatic rings. The second-order valence-corrected chi connectivity index (χ2v) is 20.5. The first-order chi connectivity index (χ1) is 24.5. The number of carbonyl (C=O) groups is 3. The van der Waals surface area contributed by atoms with Crippen LogP contribution >= 0.6 is 11.6 Å². The number of aromatic nitrogens is 1. The first-order valence-corrected chi connectivity index (χ1v) is 20.7. The summed E-state index contributed by atoms with van der Waals surface area (Å²) in [5.41, 5.74) is 1.18. The molecule has 5 aliphatic carbocycles. The Bertz CT molecular complexity index is 1650. The topological polar surface area (TPSA) is 126 Å². The molecule has 3 N–H and O–H groups in total. The molecule has 1 heterocycles. The molecule has 6 rings (SSSR count). The van der Waals surface area contributed by atoms with E-state index in [2.05, 4.69) is 58.8 Å². The highest BCUT2D eigenvalue weighted by atomic mass is 35.5. The molecule has 294 valence electrons. The molecular weight excluding hydrogens is 688 g/mol. The molecule has 0 aromatic carbocycles. The number of ether oxygens (including phenoxy) is 1. The normalized spacial score (nSPS) is 37.6. The van der Waals surface area contributed by atoms with E-state index in [0.29, 0.717) is 29.8 Å². The molecule has 0 saturated heterocycles. The van der Waals surface area contributed by atoms with Gasteiger partial charge in [0.15, 0.2) is 5.78 Å². The van der Waals surface area contributed by atoms with Gasteiger partial charge in [-0.3, -0.25) is 19.4 Å². The molecule has 53 heavy (non-hydrogen) atoms. The van der Waals surface area contributed by atoms with Gasteiger partial charge in [0.25, 0.3) is 0 Å². The number of hydrogen-bond donors (Lipinski definition) is 3. The highest BCUT2D eigenvalue weighted by molar-refractivity contribution is 6.30. The molecule has 0 amide bonds. The molecule has 9 heteroatoms. The third-order valence-electron chi connectivity index (χ3n) is 16.3. The molecule has 5 aliphatic rings. The number of hydrogen-bond acceptors (Lipinski definition) is 7. The summed E-state index contributed by atoms with van der Waals surface area (Å²) in [7, 11) is 0. The number of esters is 1. The molecule has 0 radical (unpaired) electrons. The molecule has 4 fully saturated rings. The van der Waals surface area contributed by atoms with Crippen molar-refractivity contribution in [3.8, 4) is 0 Å². The fourth-order valence-electron chi connectivity index (χ4n) is 13.1. The van der Waals surface area contributed by atoms with Gasteiger partial charge in [0.05, 0.1) is 28.7 Å². The number of rotatable bonds is 10. The maximum Gasteiger partial charge on any atom is 0.309 e. The van der Waals surface area contributed by atoms with Crippen LogP contribution in [0.2, 0.25) is 5.02 Å². The number of aliphatic hydroxyl groups excluding tert-OH is 1. The summed E-state index contributed by atoms with van der Waals surface area (Å²) >= 11 is 6.09. The quantitative estimate of drug-likeness (QED) is 0.202. The fourth-order valence-corrected chi connectivity index (χ4v) is 13.3. The van der Waals surface area contributed by atoms with Gasteiger partial charge in [-0.2, -0.15) is 0 Å². The maximum atomic E-state index is 14.1. The molecule has 1 unspecified atom stereocenters. The second kappa shape index (κ2) is 13.7. The summed E-state index contributed by atoms with van der Waals surface area (Å²) in [6, 6.07) is 3.67. The summed E-state index contributed by atoms with van der Waals surface area (Å²) in [5.74, 6) is -0.0389. The van der Waals surface area contributed by atoms with Crippen molar-refractivity contribution >= 4 is 29.3 Å². The average Bonchev–Trinajstić information content (AvgIpc) is 3.38. The number of halogens is 1. The lowest BCUT2D eigenvalue weighted by atomic mass is 9.33. The molecule has 0 aliphatic heterocycles. The number of aliphatic carboxylic acids is 1. The number of ketones is 1. The van der Waals surface area contributed by atoms with E-state index in [1.165, 1.54) is 5.57 Å². The van der Waals surface area contributed by atoms with Crippen LogP contribution < -0.4 is 5.32 Å². The highest BCUT2D eigenvalue weighted by Crippen LogP contribution is 2.77. The number of pyridine rings is 1. The minimum atomic E-state index is -1.17. The fraction of sp³-hybridized carbons (Fsp3) is 0.773. The average molecular weight is 753 g/mol. The number of aliphatic hydroxyl groups is 1. The van der Waals surface area contributed by atoms with Gasteiger partial charge in [0.1, 0.15) is 6.10 Å². The molecule has 10 atom stereocenters. The monoisotopic (exact) mass is 752 g/mol. The number of nitrogens with one attached hydrogen (secondary N) is 1. The van der Waals surface area contributed by atoms with E-state index in [-0.39, 0.29) is 57.8 Å². The van der Waals surface area contributed by atoms with E-state index in [1.807, 2.05) is 19.1 Å². The number of carboxylic acid groups (broad SMARTS) is 1. The molecule has 0 bridgehead atoms. The van der Waals surface area contributed by atoms with Crippen molar-refractivity contribution < 1.29 is 29.3 Å². The van der Waals surface area contributed by atoms with E-state index in [9.17, 15) is 24.6 Å². The van der Waals surface area contributed by atoms with Gasteiger partial charge >= 0.3 is 11.9 Å². The smallest absolute Gasteiger partial charge is 0.309 e.